The van der Waals surface area contributed by atoms with Gasteiger partial charge in [-0.1, -0.05) is 69.9 Å². The molecule has 0 fully saturated rings. The molecule has 2 rings (SSSR count). The first-order valence-corrected chi connectivity index (χ1v) is 8.96. The molecular formula is C19H26ClN3O2. The number of halogens is 1. The van der Waals surface area contributed by atoms with Gasteiger partial charge in [-0.3, -0.25) is 4.79 Å². The van der Waals surface area contributed by atoms with Gasteiger partial charge in [-0.05, 0) is 23.5 Å². The van der Waals surface area contributed by atoms with E-state index in [1.807, 2.05) is 32.9 Å². The van der Waals surface area contributed by atoms with Crippen LogP contribution in [-0.4, -0.2) is 16.0 Å². The Morgan fingerprint density at radius 2 is 2.08 bits per heavy atom. The van der Waals surface area contributed by atoms with Crippen LogP contribution < -0.4 is 5.32 Å². The van der Waals surface area contributed by atoms with Crippen molar-refractivity contribution in [3.05, 3.63) is 35.2 Å². The molecule has 2 atom stereocenters. The Morgan fingerprint density at radius 3 is 2.68 bits per heavy atom. The summed E-state index contributed by atoms with van der Waals surface area (Å²) in [6.45, 7) is 10.2. The summed E-state index contributed by atoms with van der Waals surface area (Å²) in [7, 11) is 0. The summed E-state index contributed by atoms with van der Waals surface area (Å²) in [5.74, 6) is 1.05. The molecule has 0 saturated heterocycles. The van der Waals surface area contributed by atoms with Crippen LogP contribution in [0.2, 0.25) is 5.02 Å². The Labute approximate surface area is 154 Å². The van der Waals surface area contributed by atoms with Gasteiger partial charge in [0, 0.05) is 17.0 Å². The second-order valence-corrected chi connectivity index (χ2v) is 8.07. The Kier molecular flexibility index (Phi) is 6.22. The monoisotopic (exact) mass is 363 g/mol. The second-order valence-electron chi connectivity index (χ2n) is 7.63. The average molecular weight is 364 g/mol. The minimum atomic E-state index is -0.305. The number of nitrogens with zero attached hydrogens (tertiary/aromatic N) is 2. The zero-order chi connectivity index (χ0) is 18.6. The molecule has 6 heteroatoms. The smallest absolute Gasteiger partial charge is 0.249 e. The van der Waals surface area contributed by atoms with Gasteiger partial charge in [0.2, 0.25) is 17.6 Å². The minimum Gasteiger partial charge on any atom is -0.344 e. The van der Waals surface area contributed by atoms with Crippen molar-refractivity contribution in [2.45, 2.75) is 53.5 Å². The lowest BCUT2D eigenvalue weighted by Gasteiger charge is -2.23. The van der Waals surface area contributed by atoms with Gasteiger partial charge in [-0.2, -0.15) is 4.98 Å². The molecule has 1 N–H and O–H groups in total. The van der Waals surface area contributed by atoms with E-state index in [2.05, 4.69) is 29.3 Å². The van der Waals surface area contributed by atoms with E-state index in [-0.39, 0.29) is 23.3 Å². The van der Waals surface area contributed by atoms with Crippen LogP contribution in [-0.2, 0) is 4.79 Å². The number of rotatable bonds is 6. The van der Waals surface area contributed by atoms with Gasteiger partial charge in [0.15, 0.2) is 0 Å². The van der Waals surface area contributed by atoms with Gasteiger partial charge in [-0.25, -0.2) is 0 Å². The van der Waals surface area contributed by atoms with Crippen LogP contribution in [0.3, 0.4) is 0 Å². The number of aromatic nitrogens is 2. The van der Waals surface area contributed by atoms with Crippen molar-refractivity contribution in [2.75, 3.05) is 0 Å². The van der Waals surface area contributed by atoms with Gasteiger partial charge in [-0.15, -0.1) is 0 Å². The molecule has 0 radical (unpaired) electrons. The molecule has 25 heavy (non-hydrogen) atoms. The predicted molar refractivity (Wildman–Crippen MR) is 99.2 cm³/mol. The summed E-state index contributed by atoms with van der Waals surface area (Å²) in [4.78, 5) is 16.9. The number of hydrogen-bond acceptors (Lipinski definition) is 4. The standard InChI is InChI=1S/C19H26ClN3O2/c1-6-12(2)16(21-15(24)11-19(3,4)5)18-22-17(23-25-18)13-8-7-9-14(20)10-13/h7-10,12,16H,6,11H2,1-5H3,(H,21,24). The molecule has 1 heterocycles. The normalized spacial score (nSPS) is 14.2. The van der Waals surface area contributed by atoms with Crippen molar-refractivity contribution >= 4 is 17.5 Å². The van der Waals surface area contributed by atoms with Crippen molar-refractivity contribution in [3.8, 4) is 11.4 Å². The first-order valence-electron chi connectivity index (χ1n) is 8.58. The molecule has 0 spiro atoms. The van der Waals surface area contributed by atoms with Crippen LogP contribution in [0.4, 0.5) is 0 Å². The zero-order valence-electron chi connectivity index (χ0n) is 15.5. The number of carbonyl (C=O) groups is 1. The first-order chi connectivity index (χ1) is 11.7. The fourth-order valence-electron chi connectivity index (χ4n) is 2.50. The predicted octanol–water partition coefficient (Wildman–Crippen LogP) is 5.03. The molecule has 0 bridgehead atoms. The van der Waals surface area contributed by atoms with Crippen LogP contribution >= 0.6 is 11.6 Å². The first kappa shape index (κ1) is 19.4. The zero-order valence-corrected chi connectivity index (χ0v) is 16.2. The minimum absolute atomic E-state index is 0.0136. The van der Waals surface area contributed by atoms with Crippen molar-refractivity contribution in [1.82, 2.24) is 15.5 Å². The third-order valence-corrected chi connectivity index (χ3v) is 4.25. The van der Waals surface area contributed by atoms with E-state index in [1.54, 1.807) is 12.1 Å². The molecule has 1 aromatic heterocycles. The molecule has 1 amide bonds. The van der Waals surface area contributed by atoms with Gasteiger partial charge in [0.1, 0.15) is 6.04 Å². The molecule has 2 aromatic rings. The number of benzene rings is 1. The second kappa shape index (κ2) is 8.00. The molecule has 136 valence electrons. The van der Waals surface area contributed by atoms with Crippen molar-refractivity contribution in [3.63, 3.8) is 0 Å². The van der Waals surface area contributed by atoms with Crippen molar-refractivity contribution in [1.29, 1.82) is 0 Å². The number of hydrogen-bond donors (Lipinski definition) is 1. The third kappa shape index (κ3) is 5.56. The quantitative estimate of drug-likeness (QED) is 0.781. The molecule has 0 aliphatic carbocycles. The van der Waals surface area contributed by atoms with E-state index < -0.39 is 0 Å². The van der Waals surface area contributed by atoms with Crippen molar-refractivity contribution in [2.24, 2.45) is 11.3 Å². The van der Waals surface area contributed by atoms with Gasteiger partial charge in [0.25, 0.3) is 0 Å². The fraction of sp³-hybridized carbons (Fsp3) is 0.526. The molecule has 1 aromatic carbocycles. The molecule has 0 saturated carbocycles. The highest BCUT2D eigenvalue weighted by atomic mass is 35.5. The highest BCUT2D eigenvalue weighted by Gasteiger charge is 2.28. The maximum Gasteiger partial charge on any atom is 0.249 e. The Hall–Kier alpha value is -1.88. The Morgan fingerprint density at radius 1 is 1.36 bits per heavy atom. The topological polar surface area (TPSA) is 68.0 Å². The summed E-state index contributed by atoms with van der Waals surface area (Å²) in [5, 5.41) is 7.72. The average Bonchev–Trinajstić information content (AvgIpc) is 3.00. The van der Waals surface area contributed by atoms with Gasteiger partial charge >= 0.3 is 0 Å². The largest absolute Gasteiger partial charge is 0.344 e. The highest BCUT2D eigenvalue weighted by molar-refractivity contribution is 6.30. The van der Waals surface area contributed by atoms with E-state index in [1.165, 1.54) is 0 Å². The fourth-order valence-corrected chi connectivity index (χ4v) is 2.69. The van der Waals surface area contributed by atoms with Gasteiger partial charge < -0.3 is 9.84 Å². The maximum atomic E-state index is 12.4. The lowest BCUT2D eigenvalue weighted by Crippen LogP contribution is -2.34. The van der Waals surface area contributed by atoms with E-state index in [0.29, 0.717) is 23.2 Å². The van der Waals surface area contributed by atoms with E-state index in [9.17, 15) is 4.79 Å². The van der Waals surface area contributed by atoms with E-state index in [4.69, 9.17) is 16.1 Å². The maximum absolute atomic E-state index is 12.4. The molecular weight excluding hydrogens is 338 g/mol. The number of nitrogens with one attached hydrogen (secondary N) is 1. The van der Waals surface area contributed by atoms with Crippen LogP contribution in [0.15, 0.2) is 28.8 Å². The summed E-state index contributed by atoms with van der Waals surface area (Å²) < 4.78 is 5.46. The molecule has 0 aliphatic rings. The third-order valence-electron chi connectivity index (χ3n) is 4.01. The van der Waals surface area contributed by atoms with E-state index >= 15 is 0 Å². The van der Waals surface area contributed by atoms with E-state index in [0.717, 1.165) is 12.0 Å². The lowest BCUT2D eigenvalue weighted by molar-refractivity contribution is -0.124. The molecule has 5 nitrogen and oxygen atoms in total. The van der Waals surface area contributed by atoms with Crippen LogP contribution in [0.1, 0.15) is 59.4 Å². The van der Waals surface area contributed by atoms with Crippen LogP contribution in [0.25, 0.3) is 11.4 Å². The van der Waals surface area contributed by atoms with Crippen molar-refractivity contribution < 1.29 is 9.32 Å². The number of amides is 1. The van der Waals surface area contributed by atoms with Crippen LogP contribution in [0, 0.1) is 11.3 Å². The summed E-state index contributed by atoms with van der Waals surface area (Å²) in [6.07, 6.45) is 1.32. The summed E-state index contributed by atoms with van der Waals surface area (Å²) in [6, 6.07) is 6.98. The summed E-state index contributed by atoms with van der Waals surface area (Å²) >= 11 is 6.02. The Bertz CT molecular complexity index is 721. The summed E-state index contributed by atoms with van der Waals surface area (Å²) in [5.41, 5.74) is 0.705. The molecule has 0 aliphatic heterocycles. The highest BCUT2D eigenvalue weighted by Crippen LogP contribution is 2.27. The van der Waals surface area contributed by atoms with Gasteiger partial charge in [0.05, 0.1) is 0 Å². The Balaban J connectivity index is 2.23. The number of carbonyl (C=O) groups excluding carboxylic acids is 1. The van der Waals surface area contributed by atoms with Crippen LogP contribution in [0.5, 0.6) is 0 Å². The lowest BCUT2D eigenvalue weighted by atomic mass is 9.91. The molecule has 2 unspecified atom stereocenters. The SMILES string of the molecule is CCC(C)C(NC(=O)CC(C)(C)C)c1nc(-c2cccc(Cl)c2)no1.